The quantitative estimate of drug-likeness (QED) is 0.120. The van der Waals surface area contributed by atoms with Gasteiger partial charge in [-0.15, -0.1) is 0 Å². The van der Waals surface area contributed by atoms with Gasteiger partial charge in [-0.05, 0) is 116 Å². The Kier molecular flexibility index (Phi) is 13.3. The van der Waals surface area contributed by atoms with E-state index < -0.39 is 46.9 Å². The number of esters is 1. The van der Waals surface area contributed by atoms with Gasteiger partial charge in [-0.2, -0.15) is 0 Å². The molecule has 3 saturated heterocycles. The van der Waals surface area contributed by atoms with Crippen LogP contribution >= 0.6 is 0 Å². The number of hydrazine groups is 1. The highest BCUT2D eigenvalue weighted by Gasteiger charge is 2.51. The molecule has 0 aliphatic carbocycles. The van der Waals surface area contributed by atoms with Gasteiger partial charge >= 0.3 is 5.97 Å². The van der Waals surface area contributed by atoms with Gasteiger partial charge in [0, 0.05) is 67.7 Å². The zero-order valence-corrected chi connectivity index (χ0v) is 40.6. The van der Waals surface area contributed by atoms with Crippen LogP contribution in [0.5, 0.6) is 5.75 Å². The number of amides is 4. The number of phenols is 1. The third-order valence-corrected chi connectivity index (χ3v) is 14.2. The van der Waals surface area contributed by atoms with Crippen LogP contribution in [0.2, 0.25) is 0 Å². The first kappa shape index (κ1) is 47.7. The van der Waals surface area contributed by atoms with E-state index in [1.54, 1.807) is 31.0 Å². The van der Waals surface area contributed by atoms with Crippen LogP contribution < -0.4 is 16.1 Å². The number of likely N-dealkylation sites (tertiary alicyclic amines) is 1. The summed E-state index contributed by atoms with van der Waals surface area (Å²) >= 11 is 0. The number of cyclic esters (lactones) is 1. The highest BCUT2D eigenvalue weighted by molar-refractivity contribution is 5.98. The van der Waals surface area contributed by atoms with E-state index in [0.29, 0.717) is 57.3 Å². The number of fused-ring (bicyclic) bond motifs is 6. The molecule has 6 bridgehead atoms. The van der Waals surface area contributed by atoms with E-state index in [-0.39, 0.29) is 55.0 Å². The van der Waals surface area contributed by atoms with Gasteiger partial charge in [0.25, 0.3) is 5.91 Å². The molecule has 5 atom stereocenters. The summed E-state index contributed by atoms with van der Waals surface area (Å²) in [4.78, 5) is 79.2. The fourth-order valence-corrected chi connectivity index (χ4v) is 10.7. The summed E-state index contributed by atoms with van der Waals surface area (Å²) in [5.41, 5.74) is 8.94. The second kappa shape index (κ2) is 18.7. The molecule has 358 valence electrons. The molecule has 2 aromatic heterocycles. The standard InChI is InChI=1S/C52H68N8O7/c1-10-58-42-17-16-33-26-37(42)38(45(58)36-14-11-19-53-43(36)30(2)3)27-51(6,7)29-67-49(65)39-15-12-21-60(56-39)48(64)40(24-32-22-34(33)25-35(61)23-32)55-46(62)44(31(4)5)57(9)50(66)52(8)18-13-20-59(52)47(63)41-28-54-41/h11,14,16-17,19,22-23,25-26,30-31,39-41,44,54,56,61H,10,12-13,15,18,20-21,24,27-29H2,1-9H3,(H,55,62)/t39-,40-,41+,44-,52-/m0/s1. The fraction of sp³-hybridized carbons (Fsp3) is 0.538. The van der Waals surface area contributed by atoms with E-state index in [4.69, 9.17) is 9.72 Å². The van der Waals surface area contributed by atoms with Crippen LogP contribution in [0.1, 0.15) is 104 Å². The number of aromatic hydroxyl groups is 1. The number of ether oxygens (including phenoxy) is 1. The van der Waals surface area contributed by atoms with Crippen LogP contribution in [0.15, 0.2) is 54.7 Å². The van der Waals surface area contributed by atoms with Crippen LogP contribution in [0.4, 0.5) is 0 Å². The Balaban J connectivity index is 1.20. The van der Waals surface area contributed by atoms with E-state index in [9.17, 15) is 29.1 Å². The van der Waals surface area contributed by atoms with Crippen molar-refractivity contribution in [3.63, 3.8) is 0 Å². The zero-order valence-electron chi connectivity index (χ0n) is 40.6. The first-order valence-corrected chi connectivity index (χ1v) is 24.1. The number of phenolic OH excluding ortho intramolecular Hbond substituents is 1. The number of aryl methyl sites for hydroxylation is 1. The molecule has 8 rings (SSSR count). The number of carbonyl (C=O) groups excluding carboxylic acids is 5. The maximum Gasteiger partial charge on any atom is 0.324 e. The molecule has 4 aliphatic rings. The molecule has 0 saturated carbocycles. The van der Waals surface area contributed by atoms with Crippen molar-refractivity contribution in [2.24, 2.45) is 11.3 Å². The Morgan fingerprint density at radius 2 is 1.78 bits per heavy atom. The maximum atomic E-state index is 14.8. The Morgan fingerprint density at radius 3 is 2.48 bits per heavy atom. The van der Waals surface area contributed by atoms with Crippen LogP contribution in [-0.2, 0) is 48.1 Å². The lowest BCUT2D eigenvalue weighted by Gasteiger charge is -2.41. The molecule has 4 aromatic rings. The van der Waals surface area contributed by atoms with E-state index in [2.05, 4.69) is 73.4 Å². The molecule has 3 fully saturated rings. The van der Waals surface area contributed by atoms with Crippen molar-refractivity contribution < 1.29 is 33.8 Å². The number of aromatic nitrogens is 2. The van der Waals surface area contributed by atoms with Gasteiger partial charge in [0.2, 0.25) is 17.7 Å². The molecule has 0 unspecified atom stereocenters. The maximum absolute atomic E-state index is 14.8. The molecule has 4 N–H and O–H groups in total. The Bertz CT molecular complexity index is 2580. The molecule has 2 aromatic carbocycles. The number of rotatable bonds is 9. The molecule has 4 aliphatic heterocycles. The number of hydrogen-bond donors (Lipinski definition) is 4. The number of pyridine rings is 1. The third kappa shape index (κ3) is 9.41. The molecule has 67 heavy (non-hydrogen) atoms. The highest BCUT2D eigenvalue weighted by atomic mass is 16.5. The molecule has 0 spiro atoms. The lowest BCUT2D eigenvalue weighted by atomic mass is 9.83. The largest absolute Gasteiger partial charge is 0.508 e. The van der Waals surface area contributed by atoms with Crippen molar-refractivity contribution in [2.75, 3.05) is 33.3 Å². The number of nitrogens with zero attached hydrogens (tertiary/aromatic N) is 5. The first-order chi connectivity index (χ1) is 31.8. The first-order valence-electron chi connectivity index (χ1n) is 24.1. The van der Waals surface area contributed by atoms with Gasteiger partial charge < -0.3 is 34.8 Å². The predicted octanol–water partition coefficient (Wildman–Crippen LogP) is 5.70. The van der Waals surface area contributed by atoms with Gasteiger partial charge in [-0.1, -0.05) is 53.7 Å². The normalized spacial score (nSPS) is 23.5. The average Bonchev–Trinajstić information content (AvgIpc) is 4.01. The minimum absolute atomic E-state index is 0.000707. The molecule has 15 heteroatoms. The van der Waals surface area contributed by atoms with E-state index in [1.807, 2.05) is 38.2 Å². The lowest BCUT2D eigenvalue weighted by Crippen LogP contribution is -2.64. The average molecular weight is 917 g/mol. The summed E-state index contributed by atoms with van der Waals surface area (Å²) in [6.07, 6.45) is 4.50. The smallest absolute Gasteiger partial charge is 0.324 e. The Labute approximate surface area is 394 Å². The molecule has 15 nitrogen and oxygen atoms in total. The molecular weight excluding hydrogens is 849 g/mol. The predicted molar refractivity (Wildman–Crippen MR) is 257 cm³/mol. The number of nitrogens with one attached hydrogen (secondary N) is 3. The minimum atomic E-state index is -1.17. The fourth-order valence-electron chi connectivity index (χ4n) is 10.7. The van der Waals surface area contributed by atoms with Crippen molar-refractivity contribution in [1.29, 1.82) is 0 Å². The topological polar surface area (TPSA) is 188 Å². The summed E-state index contributed by atoms with van der Waals surface area (Å²) in [5, 5.41) is 19.9. The van der Waals surface area contributed by atoms with Crippen LogP contribution in [0.25, 0.3) is 33.3 Å². The van der Waals surface area contributed by atoms with Crippen molar-refractivity contribution in [3.8, 4) is 28.1 Å². The van der Waals surface area contributed by atoms with Gasteiger partial charge in [0.05, 0.1) is 24.0 Å². The third-order valence-electron chi connectivity index (χ3n) is 14.2. The summed E-state index contributed by atoms with van der Waals surface area (Å²) in [6, 6.07) is 12.4. The monoisotopic (exact) mass is 917 g/mol. The van der Waals surface area contributed by atoms with E-state index in [1.165, 1.54) is 9.91 Å². The van der Waals surface area contributed by atoms with Gasteiger partial charge in [0.1, 0.15) is 29.4 Å². The van der Waals surface area contributed by atoms with Gasteiger partial charge in [-0.25, -0.2) is 5.43 Å². The summed E-state index contributed by atoms with van der Waals surface area (Å²) in [7, 11) is 1.59. The number of carbonyl (C=O) groups is 5. The van der Waals surface area contributed by atoms with Crippen molar-refractivity contribution in [3.05, 3.63) is 71.5 Å². The molecule has 6 heterocycles. The summed E-state index contributed by atoms with van der Waals surface area (Å²) < 4.78 is 8.46. The SMILES string of the molecule is CCn1c(-c2cccnc2C(C)C)c2c3cc(ccc31)-c1cc(O)cc(c1)C[C@H](NC(=O)[C@H](C(C)C)N(C)C(=O)[C@]1(C)CCCN1C(=O)[C@H]1CN1)C(=O)N1CCC[C@H](N1)C(=O)OCC(C)(C)C2. The molecular formula is C52H68N8O7. The van der Waals surface area contributed by atoms with Crippen molar-refractivity contribution in [2.45, 2.75) is 136 Å². The van der Waals surface area contributed by atoms with Crippen LogP contribution in [0.3, 0.4) is 0 Å². The molecule has 0 radical (unpaired) electrons. The van der Waals surface area contributed by atoms with Crippen molar-refractivity contribution >= 4 is 40.5 Å². The number of hydrogen-bond acceptors (Lipinski definition) is 10. The number of benzene rings is 2. The molecule has 4 amide bonds. The van der Waals surface area contributed by atoms with E-state index in [0.717, 1.165) is 44.5 Å². The zero-order chi connectivity index (χ0) is 48.1. The van der Waals surface area contributed by atoms with Gasteiger partial charge in [0.15, 0.2) is 0 Å². The second-order valence-electron chi connectivity index (χ2n) is 20.7. The van der Waals surface area contributed by atoms with Gasteiger partial charge in [-0.3, -0.25) is 34.0 Å². The Hall–Kier alpha value is -5.80. The summed E-state index contributed by atoms with van der Waals surface area (Å²) in [6.45, 7) is 18.2. The van der Waals surface area contributed by atoms with E-state index >= 15 is 0 Å². The summed E-state index contributed by atoms with van der Waals surface area (Å²) in [5.74, 6) is -2.14. The lowest BCUT2D eigenvalue weighted by molar-refractivity contribution is -0.156. The van der Waals surface area contributed by atoms with Crippen LogP contribution in [0, 0.1) is 11.3 Å². The number of likely N-dealkylation sites (N-methyl/N-ethyl adjacent to an activating group) is 1. The second-order valence-corrected chi connectivity index (χ2v) is 20.7. The van der Waals surface area contributed by atoms with Crippen LogP contribution in [-0.4, -0.2) is 122 Å². The van der Waals surface area contributed by atoms with Crippen molar-refractivity contribution in [1.82, 2.24) is 40.4 Å². The Morgan fingerprint density at radius 1 is 1.01 bits per heavy atom. The highest BCUT2D eigenvalue weighted by Crippen LogP contribution is 2.42. The minimum Gasteiger partial charge on any atom is -0.508 e.